The number of aromatic nitrogens is 1. The molecule has 1 aromatic heterocycles. The van der Waals surface area contributed by atoms with Crippen molar-refractivity contribution in [1.82, 2.24) is 10.3 Å². The molecule has 0 bridgehead atoms. The van der Waals surface area contributed by atoms with Crippen LogP contribution in [-0.4, -0.2) is 44.2 Å². The van der Waals surface area contributed by atoms with E-state index in [0.717, 1.165) is 28.8 Å². The highest BCUT2D eigenvalue weighted by Crippen LogP contribution is 2.38. The number of ether oxygens (including phenoxy) is 3. The lowest BCUT2D eigenvalue weighted by Crippen LogP contribution is -2.29. The number of para-hydroxylation sites is 1. The van der Waals surface area contributed by atoms with Crippen LogP contribution in [-0.2, 0) is 16.0 Å². The number of nitrogens with one attached hydrogen (secondary N) is 1. The Morgan fingerprint density at radius 1 is 1.09 bits per heavy atom. The molecule has 1 aliphatic rings. The fourth-order valence-corrected chi connectivity index (χ4v) is 4.10. The van der Waals surface area contributed by atoms with E-state index in [1.807, 2.05) is 48.5 Å². The summed E-state index contributed by atoms with van der Waals surface area (Å²) in [6.45, 7) is 3.52. The van der Waals surface area contributed by atoms with Crippen LogP contribution in [0, 0.1) is 0 Å². The van der Waals surface area contributed by atoms with Crippen molar-refractivity contribution >= 4 is 34.4 Å². The summed E-state index contributed by atoms with van der Waals surface area (Å²) >= 11 is 0. The fraction of sp³-hybridized carbons (Fsp3) is 0.222. The number of carbonyl (C=O) groups excluding carboxylic acids is 2. The third-order valence-electron chi connectivity index (χ3n) is 5.67. The van der Waals surface area contributed by atoms with Crippen molar-refractivity contribution in [2.75, 3.05) is 27.4 Å². The lowest BCUT2D eigenvalue weighted by atomic mass is 10.0. The van der Waals surface area contributed by atoms with Crippen LogP contribution in [0.1, 0.15) is 33.6 Å². The van der Waals surface area contributed by atoms with Gasteiger partial charge in [-0.25, -0.2) is 9.78 Å². The molecule has 1 amide bonds. The van der Waals surface area contributed by atoms with Gasteiger partial charge in [0.15, 0.2) is 18.1 Å². The number of pyridine rings is 1. The summed E-state index contributed by atoms with van der Waals surface area (Å²) < 4.78 is 16.1. The van der Waals surface area contributed by atoms with Gasteiger partial charge in [0.25, 0.3) is 5.91 Å². The van der Waals surface area contributed by atoms with Crippen LogP contribution < -0.4 is 14.8 Å². The summed E-state index contributed by atoms with van der Waals surface area (Å²) in [5.41, 5.74) is 4.74. The topological polar surface area (TPSA) is 86.8 Å². The van der Waals surface area contributed by atoms with Crippen molar-refractivity contribution in [3.63, 3.8) is 0 Å². The number of amides is 1. The Kier molecular flexibility index (Phi) is 6.92. The summed E-state index contributed by atoms with van der Waals surface area (Å²) in [6.07, 6.45) is 5.00. The van der Waals surface area contributed by atoms with Crippen LogP contribution in [0.15, 0.2) is 55.1 Å². The normalized spacial score (nSPS) is 13.4. The Morgan fingerprint density at radius 3 is 2.65 bits per heavy atom. The SMILES string of the molecule is C=CCNC(=O)COC(=O)c1c2c(nc3ccccc13)/C(=C/c1ccc(OC)c(OC)c1)CC2. The van der Waals surface area contributed by atoms with Crippen LogP contribution in [0.4, 0.5) is 0 Å². The van der Waals surface area contributed by atoms with E-state index >= 15 is 0 Å². The molecule has 0 atom stereocenters. The second-order valence-corrected chi connectivity index (χ2v) is 7.78. The third kappa shape index (κ3) is 4.64. The zero-order valence-electron chi connectivity index (χ0n) is 19.2. The number of hydrogen-bond acceptors (Lipinski definition) is 6. The second-order valence-electron chi connectivity index (χ2n) is 7.78. The van der Waals surface area contributed by atoms with Crippen LogP contribution in [0.3, 0.4) is 0 Å². The number of carbonyl (C=O) groups is 2. The first-order valence-corrected chi connectivity index (χ1v) is 10.9. The molecule has 1 aliphatic carbocycles. The number of hydrogen-bond donors (Lipinski definition) is 1. The monoisotopic (exact) mass is 458 g/mol. The minimum Gasteiger partial charge on any atom is -0.493 e. The van der Waals surface area contributed by atoms with Crippen molar-refractivity contribution in [3.8, 4) is 11.5 Å². The summed E-state index contributed by atoms with van der Waals surface area (Å²) in [5, 5.41) is 3.32. The Bertz CT molecular complexity index is 1300. The number of allylic oxidation sites excluding steroid dienone is 1. The average molecular weight is 459 g/mol. The predicted molar refractivity (Wildman–Crippen MR) is 131 cm³/mol. The maximum atomic E-state index is 13.1. The van der Waals surface area contributed by atoms with Crippen LogP contribution >= 0.6 is 0 Å². The van der Waals surface area contributed by atoms with E-state index in [-0.39, 0.29) is 12.5 Å². The van der Waals surface area contributed by atoms with E-state index in [2.05, 4.69) is 11.9 Å². The molecule has 4 rings (SSSR count). The first kappa shape index (κ1) is 23.0. The maximum absolute atomic E-state index is 13.1. The summed E-state index contributed by atoms with van der Waals surface area (Å²) in [4.78, 5) is 29.9. The molecule has 34 heavy (non-hydrogen) atoms. The number of benzene rings is 2. The van der Waals surface area contributed by atoms with Gasteiger partial charge in [0.1, 0.15) is 0 Å². The number of rotatable bonds is 8. The van der Waals surface area contributed by atoms with Gasteiger partial charge in [0.05, 0.1) is 31.0 Å². The van der Waals surface area contributed by atoms with Gasteiger partial charge in [0.2, 0.25) is 0 Å². The summed E-state index contributed by atoms with van der Waals surface area (Å²) in [5.74, 6) is 0.386. The van der Waals surface area contributed by atoms with Crippen LogP contribution in [0.2, 0.25) is 0 Å². The molecule has 0 spiro atoms. The van der Waals surface area contributed by atoms with Crippen molar-refractivity contribution in [2.24, 2.45) is 0 Å². The second kappa shape index (κ2) is 10.2. The molecular formula is C27H26N2O5. The molecule has 0 fully saturated rings. The molecule has 2 aromatic carbocycles. The lowest BCUT2D eigenvalue weighted by Gasteiger charge is -2.12. The van der Waals surface area contributed by atoms with Crippen molar-refractivity contribution in [3.05, 3.63) is 77.5 Å². The highest BCUT2D eigenvalue weighted by Gasteiger charge is 2.28. The van der Waals surface area contributed by atoms with E-state index in [1.54, 1.807) is 20.3 Å². The van der Waals surface area contributed by atoms with E-state index in [1.165, 1.54) is 0 Å². The minimum absolute atomic E-state index is 0.314. The number of esters is 1. The number of methoxy groups -OCH3 is 2. The van der Waals surface area contributed by atoms with Crippen LogP contribution in [0.25, 0.3) is 22.6 Å². The summed E-state index contributed by atoms with van der Waals surface area (Å²) in [7, 11) is 3.20. The average Bonchev–Trinajstić information content (AvgIpc) is 3.26. The maximum Gasteiger partial charge on any atom is 0.339 e. The van der Waals surface area contributed by atoms with Gasteiger partial charge < -0.3 is 19.5 Å². The molecule has 1 heterocycles. The van der Waals surface area contributed by atoms with E-state index in [9.17, 15) is 9.59 Å². The first-order chi connectivity index (χ1) is 16.5. The Balaban J connectivity index is 1.72. The molecular weight excluding hydrogens is 432 g/mol. The van der Waals surface area contributed by atoms with Gasteiger partial charge in [-0.2, -0.15) is 0 Å². The van der Waals surface area contributed by atoms with E-state index in [0.29, 0.717) is 40.9 Å². The molecule has 0 saturated carbocycles. The highest BCUT2D eigenvalue weighted by molar-refractivity contribution is 6.07. The van der Waals surface area contributed by atoms with Gasteiger partial charge in [-0.05, 0) is 53.8 Å². The molecule has 0 saturated heterocycles. The standard InChI is InChI=1S/C27H26N2O5/c1-4-13-28-24(30)16-34-27(31)25-19-7-5-6-8-21(19)29-26-18(10-11-20(25)26)14-17-9-12-22(32-2)23(15-17)33-3/h4-9,12,14-15H,1,10-11,13,16H2,2-3H3,(H,28,30)/b18-14+. The predicted octanol–water partition coefficient (Wildman–Crippen LogP) is 4.20. The van der Waals surface area contributed by atoms with Gasteiger partial charge in [-0.3, -0.25) is 4.79 Å². The largest absolute Gasteiger partial charge is 0.493 e. The third-order valence-corrected chi connectivity index (χ3v) is 5.67. The van der Waals surface area contributed by atoms with Gasteiger partial charge >= 0.3 is 5.97 Å². The van der Waals surface area contributed by atoms with E-state index in [4.69, 9.17) is 19.2 Å². The molecule has 0 radical (unpaired) electrons. The van der Waals surface area contributed by atoms with Crippen molar-refractivity contribution in [1.29, 1.82) is 0 Å². The molecule has 0 unspecified atom stereocenters. The van der Waals surface area contributed by atoms with E-state index < -0.39 is 5.97 Å². The first-order valence-electron chi connectivity index (χ1n) is 10.9. The highest BCUT2D eigenvalue weighted by atomic mass is 16.5. The quantitative estimate of drug-likeness (QED) is 0.402. The molecule has 3 aromatic rings. The zero-order valence-corrected chi connectivity index (χ0v) is 19.2. The smallest absolute Gasteiger partial charge is 0.339 e. The van der Waals surface area contributed by atoms with Gasteiger partial charge in [-0.1, -0.05) is 30.3 Å². The summed E-state index contributed by atoms with van der Waals surface area (Å²) in [6, 6.07) is 13.2. The molecule has 1 N–H and O–H groups in total. The number of fused-ring (bicyclic) bond motifs is 2. The minimum atomic E-state index is -0.532. The molecule has 7 heteroatoms. The molecule has 174 valence electrons. The lowest BCUT2D eigenvalue weighted by molar-refractivity contribution is -0.124. The Morgan fingerprint density at radius 2 is 1.88 bits per heavy atom. The van der Waals surface area contributed by atoms with Crippen molar-refractivity contribution in [2.45, 2.75) is 12.8 Å². The van der Waals surface area contributed by atoms with Gasteiger partial charge in [0, 0.05) is 11.9 Å². The van der Waals surface area contributed by atoms with Crippen LogP contribution in [0.5, 0.6) is 11.5 Å². The molecule has 0 aliphatic heterocycles. The van der Waals surface area contributed by atoms with Crippen molar-refractivity contribution < 1.29 is 23.8 Å². The molecule has 7 nitrogen and oxygen atoms in total. The Hall–Kier alpha value is -4.13. The number of nitrogens with zero attached hydrogens (tertiary/aromatic N) is 1. The van der Waals surface area contributed by atoms with Gasteiger partial charge in [-0.15, -0.1) is 6.58 Å². The Labute approximate surface area is 198 Å². The fourth-order valence-electron chi connectivity index (χ4n) is 4.10. The zero-order chi connectivity index (χ0) is 24.1.